The van der Waals surface area contributed by atoms with Gasteiger partial charge in [0.05, 0.1) is 6.61 Å². The third kappa shape index (κ3) is 3.27. The van der Waals surface area contributed by atoms with E-state index < -0.39 is 11.2 Å². The van der Waals surface area contributed by atoms with E-state index in [4.69, 9.17) is 10.8 Å². The molecular weight excluding hydrogens is 274 g/mol. The molecule has 8 heteroatoms. The van der Waals surface area contributed by atoms with Gasteiger partial charge in [-0.2, -0.15) is 0 Å². The summed E-state index contributed by atoms with van der Waals surface area (Å²) in [7, 11) is 0. The molecule has 0 bridgehead atoms. The number of nitrogens with zero attached hydrogens (tertiary/aromatic N) is 3. The van der Waals surface area contributed by atoms with Gasteiger partial charge in [0.1, 0.15) is 11.5 Å². The van der Waals surface area contributed by atoms with E-state index in [9.17, 15) is 9.59 Å². The molecule has 0 atom stereocenters. The van der Waals surface area contributed by atoms with Gasteiger partial charge in [-0.3, -0.25) is 19.2 Å². The molecule has 1 aliphatic rings. The first-order chi connectivity index (χ1) is 10.1. The van der Waals surface area contributed by atoms with Crippen molar-refractivity contribution in [1.29, 1.82) is 0 Å². The summed E-state index contributed by atoms with van der Waals surface area (Å²) in [6, 6.07) is 0. The minimum Gasteiger partial charge on any atom is -0.395 e. The predicted molar refractivity (Wildman–Crippen MR) is 81.8 cm³/mol. The molecule has 1 fully saturated rings. The Balaban J connectivity index is 2.26. The average molecular weight is 297 g/mol. The number of β-amino-alcohol motifs (C(OH)–C–C–N with tert-alkyl or cyclic N) is 1. The number of nitrogens with two attached hydrogens (primary N) is 1. The van der Waals surface area contributed by atoms with Crippen LogP contribution in [-0.4, -0.2) is 58.9 Å². The number of anilines is 2. The topological polar surface area (TPSA) is 108 Å². The second-order valence-corrected chi connectivity index (χ2v) is 5.20. The minimum atomic E-state index is -0.456. The van der Waals surface area contributed by atoms with Crippen molar-refractivity contribution in [3.63, 3.8) is 0 Å². The molecule has 0 aromatic carbocycles. The van der Waals surface area contributed by atoms with Gasteiger partial charge in [-0.25, -0.2) is 4.79 Å². The van der Waals surface area contributed by atoms with Crippen LogP contribution < -0.4 is 21.9 Å². The molecule has 21 heavy (non-hydrogen) atoms. The average Bonchev–Trinajstić information content (AvgIpc) is 2.45. The quantitative estimate of drug-likeness (QED) is 0.620. The van der Waals surface area contributed by atoms with Gasteiger partial charge in [0, 0.05) is 39.3 Å². The van der Waals surface area contributed by atoms with Crippen LogP contribution in [0, 0.1) is 0 Å². The van der Waals surface area contributed by atoms with E-state index in [2.05, 4.69) is 9.88 Å². The Labute approximate surface area is 122 Å². The molecule has 1 saturated heterocycles. The van der Waals surface area contributed by atoms with Crippen LogP contribution in [0.2, 0.25) is 0 Å². The summed E-state index contributed by atoms with van der Waals surface area (Å²) >= 11 is 0. The van der Waals surface area contributed by atoms with E-state index in [0.29, 0.717) is 31.9 Å². The number of aromatic nitrogens is 2. The van der Waals surface area contributed by atoms with Gasteiger partial charge >= 0.3 is 5.69 Å². The van der Waals surface area contributed by atoms with E-state index in [1.807, 2.05) is 11.8 Å². The molecule has 1 aliphatic heterocycles. The zero-order valence-corrected chi connectivity index (χ0v) is 12.3. The number of nitrogen functional groups attached to an aromatic ring is 1. The van der Waals surface area contributed by atoms with E-state index in [0.717, 1.165) is 19.5 Å². The monoisotopic (exact) mass is 297 g/mol. The lowest BCUT2D eigenvalue weighted by Gasteiger charge is -2.35. The first-order valence-corrected chi connectivity index (χ1v) is 7.29. The van der Waals surface area contributed by atoms with Gasteiger partial charge in [0.25, 0.3) is 5.56 Å². The third-order valence-electron chi connectivity index (χ3n) is 3.77. The Morgan fingerprint density at radius 1 is 1.19 bits per heavy atom. The largest absolute Gasteiger partial charge is 0.395 e. The highest BCUT2D eigenvalue weighted by Crippen LogP contribution is 2.18. The fourth-order valence-electron chi connectivity index (χ4n) is 2.67. The maximum absolute atomic E-state index is 12.1. The smallest absolute Gasteiger partial charge is 0.330 e. The van der Waals surface area contributed by atoms with Crippen molar-refractivity contribution in [3.05, 3.63) is 20.8 Å². The van der Waals surface area contributed by atoms with Gasteiger partial charge in [-0.1, -0.05) is 6.92 Å². The number of rotatable bonds is 5. The summed E-state index contributed by atoms with van der Waals surface area (Å²) in [5, 5.41) is 8.95. The summed E-state index contributed by atoms with van der Waals surface area (Å²) in [6.45, 7) is 6.01. The van der Waals surface area contributed by atoms with E-state index in [1.54, 1.807) is 0 Å². The summed E-state index contributed by atoms with van der Waals surface area (Å²) in [5.41, 5.74) is 5.54. The lowest BCUT2D eigenvalue weighted by atomic mass is 10.2. The van der Waals surface area contributed by atoms with Gasteiger partial charge in [-0.05, 0) is 6.42 Å². The predicted octanol–water partition coefficient (Wildman–Crippen LogP) is -1.36. The number of hydrogen-bond donors (Lipinski definition) is 3. The first-order valence-electron chi connectivity index (χ1n) is 7.29. The lowest BCUT2D eigenvalue weighted by molar-refractivity contribution is 0.188. The van der Waals surface area contributed by atoms with E-state index >= 15 is 0 Å². The number of aromatic amines is 1. The number of nitrogens with one attached hydrogen (secondary N) is 1. The number of hydrogen-bond acceptors (Lipinski definition) is 6. The molecule has 0 amide bonds. The third-order valence-corrected chi connectivity index (χ3v) is 3.77. The zero-order chi connectivity index (χ0) is 15.4. The SMILES string of the molecule is CCCn1c(N)c(N2CCN(CCO)CC2)c(=O)[nH]c1=O. The Morgan fingerprint density at radius 2 is 1.86 bits per heavy atom. The molecule has 2 rings (SSSR count). The lowest BCUT2D eigenvalue weighted by Crippen LogP contribution is -2.49. The Bertz CT molecular complexity index is 586. The normalized spacial score (nSPS) is 16.4. The highest BCUT2D eigenvalue weighted by atomic mass is 16.3. The van der Waals surface area contributed by atoms with Crippen molar-refractivity contribution in [3.8, 4) is 0 Å². The standard InChI is InChI=1S/C13H23N5O3/c1-2-3-18-11(14)10(12(20)15-13(18)21)17-6-4-16(5-7-17)8-9-19/h19H,2-9,14H2,1H3,(H,15,20,21). The van der Waals surface area contributed by atoms with Crippen LogP contribution in [0.4, 0.5) is 11.5 Å². The molecule has 1 aromatic heterocycles. The number of aliphatic hydroxyl groups excluding tert-OH is 1. The molecule has 118 valence electrons. The van der Waals surface area contributed by atoms with Crippen molar-refractivity contribution in [2.75, 3.05) is 50.0 Å². The second-order valence-electron chi connectivity index (χ2n) is 5.20. The van der Waals surface area contributed by atoms with Crippen molar-refractivity contribution in [2.24, 2.45) is 0 Å². The fourth-order valence-corrected chi connectivity index (χ4v) is 2.67. The van der Waals surface area contributed by atoms with Crippen LogP contribution in [0.5, 0.6) is 0 Å². The van der Waals surface area contributed by atoms with Crippen molar-refractivity contribution < 1.29 is 5.11 Å². The first kappa shape index (κ1) is 15.6. The van der Waals surface area contributed by atoms with Crippen LogP contribution in [0.15, 0.2) is 9.59 Å². The Kier molecular flexibility index (Phi) is 5.03. The van der Waals surface area contributed by atoms with Gasteiger partial charge in [-0.15, -0.1) is 0 Å². The summed E-state index contributed by atoms with van der Waals surface area (Å²) in [5.74, 6) is 0.237. The summed E-state index contributed by atoms with van der Waals surface area (Å²) in [6.07, 6.45) is 0.764. The minimum absolute atomic E-state index is 0.129. The van der Waals surface area contributed by atoms with Crippen molar-refractivity contribution in [1.82, 2.24) is 14.5 Å². The zero-order valence-electron chi connectivity index (χ0n) is 12.3. The molecule has 2 heterocycles. The van der Waals surface area contributed by atoms with E-state index in [-0.39, 0.29) is 12.4 Å². The molecule has 0 radical (unpaired) electrons. The molecule has 8 nitrogen and oxygen atoms in total. The summed E-state index contributed by atoms with van der Waals surface area (Å²) < 4.78 is 1.41. The highest BCUT2D eigenvalue weighted by Gasteiger charge is 2.22. The van der Waals surface area contributed by atoms with Crippen molar-refractivity contribution in [2.45, 2.75) is 19.9 Å². The van der Waals surface area contributed by atoms with Gasteiger partial charge in [0.2, 0.25) is 0 Å². The molecule has 0 aliphatic carbocycles. The molecular formula is C13H23N5O3. The maximum atomic E-state index is 12.1. The number of aliphatic hydroxyl groups is 1. The van der Waals surface area contributed by atoms with Crippen LogP contribution in [-0.2, 0) is 6.54 Å². The molecule has 4 N–H and O–H groups in total. The van der Waals surface area contributed by atoms with Gasteiger partial charge < -0.3 is 15.7 Å². The highest BCUT2D eigenvalue weighted by molar-refractivity contribution is 5.62. The molecule has 0 unspecified atom stereocenters. The van der Waals surface area contributed by atoms with Gasteiger partial charge in [0.15, 0.2) is 0 Å². The Hall–Kier alpha value is -1.80. The van der Waals surface area contributed by atoms with Crippen LogP contribution in [0.25, 0.3) is 0 Å². The molecule has 1 aromatic rings. The molecule has 0 spiro atoms. The van der Waals surface area contributed by atoms with Crippen molar-refractivity contribution >= 4 is 11.5 Å². The number of piperazine rings is 1. The van der Waals surface area contributed by atoms with Crippen LogP contribution in [0.3, 0.4) is 0 Å². The maximum Gasteiger partial charge on any atom is 0.330 e. The molecule has 0 saturated carbocycles. The summed E-state index contributed by atoms with van der Waals surface area (Å²) in [4.78, 5) is 30.3. The number of H-pyrrole nitrogens is 1. The van der Waals surface area contributed by atoms with Crippen LogP contribution in [0.1, 0.15) is 13.3 Å². The van der Waals surface area contributed by atoms with E-state index in [1.165, 1.54) is 4.57 Å². The Morgan fingerprint density at radius 3 is 2.43 bits per heavy atom. The fraction of sp³-hybridized carbons (Fsp3) is 0.692. The second kappa shape index (κ2) is 6.77. The van der Waals surface area contributed by atoms with Crippen LogP contribution >= 0.6 is 0 Å².